The number of nitrogens with zero attached hydrogens (tertiary/aromatic N) is 5. The summed E-state index contributed by atoms with van der Waals surface area (Å²) in [5.41, 5.74) is 4.12. The fourth-order valence-electron chi connectivity index (χ4n) is 5.70. The van der Waals surface area contributed by atoms with Crippen LogP contribution in [0.4, 0.5) is 5.69 Å². The summed E-state index contributed by atoms with van der Waals surface area (Å²) >= 11 is 5.34. The normalized spacial score (nSPS) is 15.5. The average molecular weight is 742 g/mol. The Hall–Kier alpha value is -5.56. The molecule has 16 nitrogen and oxygen atoms in total. The molecule has 2 fully saturated rings. The molecule has 6 rings (SSSR count). The summed E-state index contributed by atoms with van der Waals surface area (Å²) in [5.74, 6) is -2.48. The fraction of sp³-hybridized carbons (Fsp3) is 0.278. The molecule has 2 aliphatic rings. The van der Waals surface area contributed by atoms with Crippen molar-refractivity contribution < 1.29 is 44.0 Å². The van der Waals surface area contributed by atoms with Gasteiger partial charge in [-0.1, -0.05) is 24.3 Å². The summed E-state index contributed by atoms with van der Waals surface area (Å²) in [4.78, 5) is 65.2. The maximum atomic E-state index is 11.8. The van der Waals surface area contributed by atoms with Gasteiger partial charge in [-0.05, 0) is 71.9 Å². The number of aromatic nitrogens is 3. The van der Waals surface area contributed by atoms with E-state index >= 15 is 0 Å². The number of aliphatic hydroxyl groups is 3. The first-order chi connectivity index (χ1) is 25.5. The standard InChI is InChI=1S/C36H35N7O9S/c44-19-36(20-45,21-46)41-35(53)39-24-9-7-22(8-10-24)23-11-29(27-5-1-3-25(37-27)13-42-15-31(47)51-32(48)16-42)40-30(12-23)28-6-2-4-26(38-28)14-43-17-33(49)52-34(50)18-43/h1-12,44-46H,13-21H2,(H2,39,41,53). The van der Waals surface area contributed by atoms with Crippen LogP contribution in [0.15, 0.2) is 72.8 Å². The maximum absolute atomic E-state index is 11.8. The van der Waals surface area contributed by atoms with Crippen LogP contribution in [0.25, 0.3) is 33.9 Å². The van der Waals surface area contributed by atoms with Crippen LogP contribution in [-0.4, -0.2) is 121 Å². The molecule has 17 heteroatoms. The minimum Gasteiger partial charge on any atom is -0.394 e. The van der Waals surface area contributed by atoms with Crippen molar-refractivity contribution in [3.05, 3.63) is 84.2 Å². The van der Waals surface area contributed by atoms with E-state index in [0.717, 1.165) is 11.1 Å². The SMILES string of the molecule is O=C1CN(Cc2cccc(-c3cc(-c4ccc(NC(=S)NC(CO)(CO)CO)cc4)cc(-c4cccc(CN5CC(=O)OC(=O)C5)n4)n3)n2)CC(=O)O1. The van der Waals surface area contributed by atoms with Gasteiger partial charge in [-0.3, -0.25) is 29.0 Å². The molecule has 0 aliphatic carbocycles. The monoisotopic (exact) mass is 741 g/mol. The number of rotatable bonds is 12. The number of esters is 4. The number of morpholine rings is 2. The van der Waals surface area contributed by atoms with Gasteiger partial charge in [-0.15, -0.1) is 0 Å². The van der Waals surface area contributed by atoms with Gasteiger partial charge in [0.05, 0.1) is 80.2 Å². The van der Waals surface area contributed by atoms with Crippen LogP contribution in [0, 0.1) is 0 Å². The van der Waals surface area contributed by atoms with Crippen molar-refractivity contribution in [3.8, 4) is 33.9 Å². The smallest absolute Gasteiger partial charge is 0.327 e. The van der Waals surface area contributed by atoms with Crippen molar-refractivity contribution in [3.63, 3.8) is 0 Å². The Morgan fingerprint density at radius 2 is 1.09 bits per heavy atom. The topological polar surface area (TPSA) is 217 Å². The molecular weight excluding hydrogens is 707 g/mol. The number of aliphatic hydroxyl groups excluding tert-OH is 3. The van der Waals surface area contributed by atoms with E-state index in [0.29, 0.717) is 39.9 Å². The Kier molecular flexibility index (Phi) is 11.5. The minimum absolute atomic E-state index is 0.0405. The summed E-state index contributed by atoms with van der Waals surface area (Å²) in [6.45, 7) is -1.31. The molecule has 2 saturated heterocycles. The van der Waals surface area contributed by atoms with Crippen LogP contribution < -0.4 is 10.6 Å². The third kappa shape index (κ3) is 9.46. The van der Waals surface area contributed by atoms with Crippen LogP contribution in [0.2, 0.25) is 0 Å². The Balaban J connectivity index is 1.31. The zero-order valence-corrected chi connectivity index (χ0v) is 29.0. The van der Waals surface area contributed by atoms with Crippen LogP contribution >= 0.6 is 12.2 Å². The van der Waals surface area contributed by atoms with Gasteiger partial charge in [0.2, 0.25) is 0 Å². The Morgan fingerprint density at radius 3 is 1.53 bits per heavy atom. The number of pyridine rings is 3. The number of carbonyl (C=O) groups is 4. The first kappa shape index (κ1) is 37.2. The molecule has 0 atom stereocenters. The van der Waals surface area contributed by atoms with E-state index in [1.807, 2.05) is 36.4 Å². The number of hydrogen-bond donors (Lipinski definition) is 5. The summed E-state index contributed by atoms with van der Waals surface area (Å²) in [5, 5.41) is 34.7. The first-order valence-corrected chi connectivity index (χ1v) is 16.8. The van der Waals surface area contributed by atoms with Gasteiger partial charge in [-0.25, -0.2) is 15.0 Å². The molecule has 53 heavy (non-hydrogen) atoms. The van der Waals surface area contributed by atoms with E-state index in [-0.39, 0.29) is 44.4 Å². The van der Waals surface area contributed by atoms with Gasteiger partial charge < -0.3 is 35.4 Å². The Bertz CT molecular complexity index is 1900. The van der Waals surface area contributed by atoms with Crippen molar-refractivity contribution >= 4 is 46.9 Å². The van der Waals surface area contributed by atoms with E-state index < -0.39 is 49.2 Å². The molecule has 2 aliphatic heterocycles. The van der Waals surface area contributed by atoms with Crippen molar-refractivity contribution in [2.24, 2.45) is 0 Å². The molecule has 0 bridgehead atoms. The molecule has 0 unspecified atom stereocenters. The van der Waals surface area contributed by atoms with E-state index in [9.17, 15) is 34.5 Å². The summed E-state index contributed by atoms with van der Waals surface area (Å²) < 4.78 is 9.29. The number of cyclic esters (lactones) is 4. The summed E-state index contributed by atoms with van der Waals surface area (Å²) in [7, 11) is 0. The number of nitrogens with one attached hydrogen (secondary N) is 2. The highest BCUT2D eigenvalue weighted by Crippen LogP contribution is 2.30. The van der Waals surface area contributed by atoms with Crippen LogP contribution in [-0.2, 0) is 41.7 Å². The van der Waals surface area contributed by atoms with Crippen molar-refractivity contribution in [2.75, 3.05) is 51.3 Å². The minimum atomic E-state index is -1.39. The zero-order chi connectivity index (χ0) is 37.5. The van der Waals surface area contributed by atoms with E-state index in [4.69, 9.17) is 27.2 Å². The number of thiocarbonyl (C=S) groups is 1. The maximum Gasteiger partial charge on any atom is 0.327 e. The predicted octanol–water partition coefficient (Wildman–Crippen LogP) is 0.646. The predicted molar refractivity (Wildman–Crippen MR) is 192 cm³/mol. The lowest BCUT2D eigenvalue weighted by Crippen LogP contribution is -2.58. The fourth-order valence-corrected chi connectivity index (χ4v) is 6.04. The lowest BCUT2D eigenvalue weighted by atomic mass is 10.0. The molecular formula is C36H35N7O9S. The number of carbonyl (C=O) groups excluding carboxylic acids is 4. The van der Waals surface area contributed by atoms with E-state index in [1.165, 1.54) is 0 Å². The largest absolute Gasteiger partial charge is 0.394 e. The highest BCUT2D eigenvalue weighted by molar-refractivity contribution is 7.80. The zero-order valence-electron chi connectivity index (χ0n) is 28.2. The van der Waals surface area contributed by atoms with Crippen molar-refractivity contribution in [2.45, 2.75) is 18.6 Å². The second kappa shape index (κ2) is 16.4. The molecule has 0 saturated carbocycles. The van der Waals surface area contributed by atoms with Gasteiger partial charge in [-0.2, -0.15) is 0 Å². The Labute approximate surface area is 308 Å². The number of benzene rings is 1. The molecule has 0 radical (unpaired) electrons. The number of anilines is 1. The average Bonchev–Trinajstić information content (AvgIpc) is 3.13. The molecule has 5 N–H and O–H groups in total. The molecule has 4 aromatic rings. The van der Waals surface area contributed by atoms with Crippen molar-refractivity contribution in [1.82, 2.24) is 30.1 Å². The third-order valence-electron chi connectivity index (χ3n) is 8.36. The van der Waals surface area contributed by atoms with E-state index in [2.05, 4.69) is 20.1 Å². The lowest BCUT2D eigenvalue weighted by molar-refractivity contribution is -0.168. The second-order valence-electron chi connectivity index (χ2n) is 12.5. The van der Waals surface area contributed by atoms with Crippen LogP contribution in [0.5, 0.6) is 0 Å². The molecule has 5 heterocycles. The van der Waals surface area contributed by atoms with Crippen molar-refractivity contribution in [1.29, 1.82) is 0 Å². The van der Waals surface area contributed by atoms with E-state index in [1.54, 1.807) is 46.2 Å². The van der Waals surface area contributed by atoms with Gasteiger partial charge >= 0.3 is 23.9 Å². The Morgan fingerprint density at radius 1 is 0.642 bits per heavy atom. The third-order valence-corrected chi connectivity index (χ3v) is 8.57. The molecule has 3 aromatic heterocycles. The quantitative estimate of drug-likeness (QED) is 0.0765. The highest BCUT2D eigenvalue weighted by Gasteiger charge is 2.29. The van der Waals surface area contributed by atoms with Gasteiger partial charge in [0.25, 0.3) is 0 Å². The van der Waals surface area contributed by atoms with Gasteiger partial charge in [0.1, 0.15) is 5.54 Å². The summed E-state index contributed by atoms with van der Waals surface area (Å²) in [6, 6.07) is 21.9. The van der Waals surface area contributed by atoms with Crippen LogP contribution in [0.1, 0.15) is 11.4 Å². The lowest BCUT2D eigenvalue weighted by Gasteiger charge is -2.30. The van der Waals surface area contributed by atoms with Gasteiger partial charge in [0, 0.05) is 18.8 Å². The molecule has 274 valence electrons. The first-order valence-electron chi connectivity index (χ1n) is 16.4. The highest BCUT2D eigenvalue weighted by atomic mass is 32.1. The second-order valence-corrected chi connectivity index (χ2v) is 13.0. The van der Waals surface area contributed by atoms with Gasteiger partial charge in [0.15, 0.2) is 5.11 Å². The number of ether oxygens (including phenoxy) is 2. The summed E-state index contributed by atoms with van der Waals surface area (Å²) in [6.07, 6.45) is 0. The van der Waals surface area contributed by atoms with Crippen LogP contribution in [0.3, 0.4) is 0 Å². The molecule has 1 aromatic carbocycles. The number of hydrogen-bond acceptors (Lipinski definition) is 15. The molecule has 0 spiro atoms. The molecule has 0 amide bonds.